The van der Waals surface area contributed by atoms with Crippen molar-refractivity contribution in [2.75, 3.05) is 11.9 Å². The maximum atomic E-state index is 5.81. The lowest BCUT2D eigenvalue weighted by molar-refractivity contribution is 0.504. The molecule has 0 aliphatic rings. The number of nitrogens with zero attached hydrogens (tertiary/aromatic N) is 1. The third-order valence-corrected chi connectivity index (χ3v) is 4.00. The van der Waals surface area contributed by atoms with E-state index in [4.69, 9.17) is 5.73 Å². The van der Waals surface area contributed by atoms with Gasteiger partial charge in [-0.1, -0.05) is 35.8 Å². The molecule has 1 rings (SSSR count). The number of hydrogen-bond donors (Lipinski definition) is 1. The third kappa shape index (κ3) is 2.77. The number of halogens is 1. The van der Waals surface area contributed by atoms with Crippen molar-refractivity contribution >= 4 is 21.6 Å². The second-order valence-corrected chi connectivity index (χ2v) is 5.39. The Bertz CT molecular complexity index is 350. The standard InChI is InChI=1S/C13H21BrN2/c1-9(2)10(3)16(4)13-7-5-6-12(14)11(13)8-15/h5-7,9-10H,8,15H2,1-4H3. The molecule has 1 aromatic rings. The Hall–Kier alpha value is -0.540. The van der Waals surface area contributed by atoms with Crippen LogP contribution in [0.1, 0.15) is 26.3 Å². The summed E-state index contributed by atoms with van der Waals surface area (Å²) in [4.78, 5) is 2.30. The van der Waals surface area contributed by atoms with Gasteiger partial charge in [0, 0.05) is 35.4 Å². The quantitative estimate of drug-likeness (QED) is 0.918. The summed E-state index contributed by atoms with van der Waals surface area (Å²) in [6, 6.07) is 6.73. The molecule has 1 atom stereocenters. The first-order valence-electron chi connectivity index (χ1n) is 5.69. The zero-order valence-corrected chi connectivity index (χ0v) is 12.1. The number of hydrogen-bond acceptors (Lipinski definition) is 2. The molecule has 2 nitrogen and oxygen atoms in total. The monoisotopic (exact) mass is 284 g/mol. The van der Waals surface area contributed by atoms with Gasteiger partial charge in [0.1, 0.15) is 0 Å². The van der Waals surface area contributed by atoms with Crippen molar-refractivity contribution in [2.24, 2.45) is 11.7 Å². The normalized spacial score (nSPS) is 12.9. The molecule has 90 valence electrons. The highest BCUT2D eigenvalue weighted by Gasteiger charge is 2.16. The van der Waals surface area contributed by atoms with Crippen molar-refractivity contribution < 1.29 is 0 Å². The minimum absolute atomic E-state index is 0.500. The van der Waals surface area contributed by atoms with Crippen LogP contribution >= 0.6 is 15.9 Å². The van der Waals surface area contributed by atoms with Crippen molar-refractivity contribution in [3.05, 3.63) is 28.2 Å². The van der Waals surface area contributed by atoms with E-state index in [0.29, 0.717) is 18.5 Å². The lowest BCUT2D eigenvalue weighted by atomic mass is 10.0. The van der Waals surface area contributed by atoms with Crippen LogP contribution in [0.2, 0.25) is 0 Å². The molecule has 1 unspecified atom stereocenters. The van der Waals surface area contributed by atoms with E-state index in [1.165, 1.54) is 11.3 Å². The summed E-state index contributed by atoms with van der Waals surface area (Å²) in [5, 5.41) is 0. The van der Waals surface area contributed by atoms with Gasteiger partial charge in [-0.15, -0.1) is 0 Å². The van der Waals surface area contributed by atoms with E-state index >= 15 is 0 Å². The molecule has 0 saturated heterocycles. The summed E-state index contributed by atoms with van der Waals surface area (Å²) in [5.74, 6) is 0.620. The van der Waals surface area contributed by atoms with Gasteiger partial charge in [0.25, 0.3) is 0 Å². The first kappa shape index (κ1) is 13.5. The van der Waals surface area contributed by atoms with Gasteiger partial charge in [0.2, 0.25) is 0 Å². The van der Waals surface area contributed by atoms with Crippen LogP contribution in [0, 0.1) is 5.92 Å². The maximum Gasteiger partial charge on any atom is 0.0423 e. The molecule has 3 heteroatoms. The fourth-order valence-corrected chi connectivity index (χ4v) is 2.26. The first-order valence-corrected chi connectivity index (χ1v) is 6.48. The van der Waals surface area contributed by atoms with Crippen molar-refractivity contribution in [1.29, 1.82) is 0 Å². The van der Waals surface area contributed by atoms with Gasteiger partial charge in [0.15, 0.2) is 0 Å². The second kappa shape index (κ2) is 5.69. The molecule has 1 aromatic carbocycles. The highest BCUT2D eigenvalue weighted by Crippen LogP contribution is 2.29. The molecule has 0 radical (unpaired) electrons. The Morgan fingerprint density at radius 3 is 2.44 bits per heavy atom. The Labute approximate surface area is 107 Å². The van der Waals surface area contributed by atoms with E-state index in [1.807, 2.05) is 6.07 Å². The van der Waals surface area contributed by atoms with Gasteiger partial charge in [-0.05, 0) is 25.0 Å². The molecular weight excluding hydrogens is 264 g/mol. The Kier molecular flexibility index (Phi) is 4.81. The van der Waals surface area contributed by atoms with E-state index in [0.717, 1.165) is 4.47 Å². The number of benzene rings is 1. The SMILES string of the molecule is CC(C)C(C)N(C)c1cccc(Br)c1CN. The molecule has 0 aliphatic heterocycles. The molecular formula is C13H21BrN2. The Balaban J connectivity index is 3.08. The van der Waals surface area contributed by atoms with E-state index < -0.39 is 0 Å². The highest BCUT2D eigenvalue weighted by molar-refractivity contribution is 9.10. The van der Waals surface area contributed by atoms with Gasteiger partial charge in [-0.2, -0.15) is 0 Å². The van der Waals surface area contributed by atoms with Gasteiger partial charge in [0.05, 0.1) is 0 Å². The van der Waals surface area contributed by atoms with Gasteiger partial charge < -0.3 is 10.6 Å². The van der Waals surface area contributed by atoms with Crippen LogP contribution in [0.5, 0.6) is 0 Å². The molecule has 0 spiro atoms. The van der Waals surface area contributed by atoms with Crippen molar-refractivity contribution in [3.63, 3.8) is 0 Å². The van der Waals surface area contributed by atoms with Gasteiger partial charge in [-0.25, -0.2) is 0 Å². The minimum Gasteiger partial charge on any atom is -0.371 e. The predicted octanol–water partition coefficient (Wildman–Crippen LogP) is 3.39. The fourth-order valence-electron chi connectivity index (χ4n) is 1.75. The summed E-state index contributed by atoms with van der Waals surface area (Å²) < 4.78 is 1.09. The number of nitrogens with two attached hydrogens (primary N) is 1. The molecule has 0 amide bonds. The first-order chi connectivity index (χ1) is 7.49. The summed E-state index contributed by atoms with van der Waals surface area (Å²) in [6.07, 6.45) is 0. The largest absolute Gasteiger partial charge is 0.371 e. The number of rotatable bonds is 4. The molecule has 0 heterocycles. The zero-order chi connectivity index (χ0) is 12.3. The summed E-state index contributed by atoms with van der Waals surface area (Å²) in [6.45, 7) is 7.28. The third-order valence-electron chi connectivity index (χ3n) is 3.25. The van der Waals surface area contributed by atoms with Crippen LogP contribution in [0.3, 0.4) is 0 Å². The van der Waals surface area contributed by atoms with Crippen LogP contribution in [-0.4, -0.2) is 13.1 Å². The van der Waals surface area contributed by atoms with Gasteiger partial charge in [-0.3, -0.25) is 0 Å². The highest BCUT2D eigenvalue weighted by atomic mass is 79.9. The lowest BCUT2D eigenvalue weighted by Gasteiger charge is -2.31. The zero-order valence-electron chi connectivity index (χ0n) is 10.5. The Morgan fingerprint density at radius 2 is 1.94 bits per heavy atom. The molecule has 0 fully saturated rings. The number of anilines is 1. The smallest absolute Gasteiger partial charge is 0.0423 e. The molecule has 0 bridgehead atoms. The molecule has 2 N–H and O–H groups in total. The summed E-state index contributed by atoms with van der Waals surface area (Å²) >= 11 is 3.56. The Morgan fingerprint density at radius 1 is 1.31 bits per heavy atom. The van der Waals surface area contributed by atoms with Crippen LogP contribution in [-0.2, 0) is 6.54 Å². The second-order valence-electron chi connectivity index (χ2n) is 4.54. The van der Waals surface area contributed by atoms with Crippen molar-refractivity contribution in [3.8, 4) is 0 Å². The predicted molar refractivity (Wildman–Crippen MR) is 74.7 cm³/mol. The summed E-state index contributed by atoms with van der Waals surface area (Å²) in [7, 11) is 2.13. The molecule has 16 heavy (non-hydrogen) atoms. The van der Waals surface area contributed by atoms with E-state index in [1.54, 1.807) is 0 Å². The van der Waals surface area contributed by atoms with Crippen molar-refractivity contribution in [1.82, 2.24) is 0 Å². The lowest BCUT2D eigenvalue weighted by Crippen LogP contribution is -2.34. The maximum absolute atomic E-state index is 5.81. The van der Waals surface area contributed by atoms with E-state index in [-0.39, 0.29) is 0 Å². The van der Waals surface area contributed by atoms with Crippen molar-refractivity contribution in [2.45, 2.75) is 33.4 Å². The van der Waals surface area contributed by atoms with Crippen LogP contribution in [0.15, 0.2) is 22.7 Å². The molecule has 0 aromatic heterocycles. The minimum atomic E-state index is 0.500. The van der Waals surface area contributed by atoms with Crippen LogP contribution in [0.4, 0.5) is 5.69 Å². The fraction of sp³-hybridized carbons (Fsp3) is 0.538. The molecule has 0 saturated carbocycles. The van der Waals surface area contributed by atoms with E-state index in [2.05, 4.69) is 60.8 Å². The van der Waals surface area contributed by atoms with Crippen LogP contribution in [0.25, 0.3) is 0 Å². The summed E-state index contributed by atoms with van der Waals surface area (Å²) in [5.41, 5.74) is 8.21. The average Bonchev–Trinajstić information content (AvgIpc) is 2.26. The molecule has 0 aliphatic carbocycles. The average molecular weight is 285 g/mol. The van der Waals surface area contributed by atoms with Crippen LogP contribution < -0.4 is 10.6 Å². The van der Waals surface area contributed by atoms with Gasteiger partial charge >= 0.3 is 0 Å². The topological polar surface area (TPSA) is 29.3 Å². The van der Waals surface area contributed by atoms with E-state index in [9.17, 15) is 0 Å².